The third-order valence-electron chi connectivity index (χ3n) is 2.69. The summed E-state index contributed by atoms with van der Waals surface area (Å²) in [5.41, 5.74) is 6.01. The maximum Gasteiger partial charge on any atom is 0.245 e. The van der Waals surface area contributed by atoms with Gasteiger partial charge in [-0.15, -0.1) is 0 Å². The van der Waals surface area contributed by atoms with Crippen LogP contribution < -0.4 is 5.73 Å². The van der Waals surface area contributed by atoms with Gasteiger partial charge in [0.15, 0.2) is 0 Å². The Morgan fingerprint density at radius 3 is 2.56 bits per heavy atom. The molecule has 1 aliphatic carbocycles. The molecule has 1 aromatic rings. The Bertz CT molecular complexity index is 512. The fraction of sp³-hybridized carbons (Fsp3) is 0.400. The van der Waals surface area contributed by atoms with Gasteiger partial charge in [0.1, 0.15) is 4.90 Å². The van der Waals surface area contributed by atoms with Crippen molar-refractivity contribution in [1.82, 2.24) is 4.31 Å². The van der Waals surface area contributed by atoms with Crippen LogP contribution in [-0.2, 0) is 10.0 Å². The van der Waals surface area contributed by atoms with Gasteiger partial charge in [0.25, 0.3) is 0 Å². The molecule has 0 amide bonds. The van der Waals surface area contributed by atoms with Gasteiger partial charge in [0.05, 0.1) is 5.69 Å². The first-order chi connectivity index (χ1) is 7.43. The third-order valence-corrected chi connectivity index (χ3v) is 5.17. The fourth-order valence-corrected chi connectivity index (χ4v) is 3.43. The quantitative estimate of drug-likeness (QED) is 0.866. The molecule has 0 spiro atoms. The number of anilines is 1. The minimum Gasteiger partial charge on any atom is -0.398 e. The molecule has 4 nitrogen and oxygen atoms in total. The highest BCUT2D eigenvalue weighted by molar-refractivity contribution is 9.10. The van der Waals surface area contributed by atoms with Crippen LogP contribution in [0, 0.1) is 0 Å². The van der Waals surface area contributed by atoms with Crippen LogP contribution in [0.25, 0.3) is 0 Å². The molecule has 1 saturated carbocycles. The van der Waals surface area contributed by atoms with Gasteiger partial charge in [-0.3, -0.25) is 0 Å². The maximum absolute atomic E-state index is 12.2. The Labute approximate surface area is 104 Å². The number of halogens is 1. The number of hydrogen-bond donors (Lipinski definition) is 1. The average Bonchev–Trinajstić information content (AvgIpc) is 2.98. The number of sulfonamides is 1. The molecule has 88 valence electrons. The van der Waals surface area contributed by atoms with Crippen LogP contribution in [0.2, 0.25) is 0 Å². The highest BCUT2D eigenvalue weighted by Gasteiger charge is 2.35. The van der Waals surface area contributed by atoms with Crippen molar-refractivity contribution in [2.45, 2.75) is 23.8 Å². The van der Waals surface area contributed by atoms with E-state index in [0.29, 0.717) is 0 Å². The Hall–Kier alpha value is -0.590. The lowest BCUT2D eigenvalue weighted by atomic mass is 10.3. The molecule has 16 heavy (non-hydrogen) atoms. The molecule has 1 aromatic carbocycles. The molecular formula is C10H13BrN2O2S. The average molecular weight is 305 g/mol. The number of nitrogens with zero attached hydrogens (tertiary/aromatic N) is 1. The zero-order chi connectivity index (χ0) is 11.9. The van der Waals surface area contributed by atoms with Gasteiger partial charge in [-0.25, -0.2) is 8.42 Å². The predicted molar refractivity (Wildman–Crippen MR) is 66.5 cm³/mol. The van der Waals surface area contributed by atoms with E-state index in [2.05, 4.69) is 15.9 Å². The van der Waals surface area contributed by atoms with Crippen LogP contribution >= 0.6 is 15.9 Å². The van der Waals surface area contributed by atoms with Crippen molar-refractivity contribution in [2.75, 3.05) is 12.8 Å². The smallest absolute Gasteiger partial charge is 0.245 e. The summed E-state index contributed by atoms with van der Waals surface area (Å²) >= 11 is 3.25. The van der Waals surface area contributed by atoms with Crippen LogP contribution in [-0.4, -0.2) is 25.8 Å². The van der Waals surface area contributed by atoms with Gasteiger partial charge in [-0.2, -0.15) is 4.31 Å². The molecule has 0 atom stereocenters. The highest BCUT2D eigenvalue weighted by atomic mass is 79.9. The van der Waals surface area contributed by atoms with Gasteiger partial charge >= 0.3 is 0 Å². The molecule has 1 aliphatic rings. The summed E-state index contributed by atoms with van der Waals surface area (Å²) < 4.78 is 26.5. The minimum absolute atomic E-state index is 0.146. The topological polar surface area (TPSA) is 63.4 Å². The number of hydrogen-bond acceptors (Lipinski definition) is 3. The van der Waals surface area contributed by atoms with Crippen molar-refractivity contribution in [3.63, 3.8) is 0 Å². The first kappa shape index (κ1) is 11.9. The van der Waals surface area contributed by atoms with Crippen molar-refractivity contribution in [3.05, 3.63) is 22.7 Å². The minimum atomic E-state index is -3.44. The summed E-state index contributed by atoms with van der Waals surface area (Å²) in [6.07, 6.45) is 1.87. The first-order valence-corrected chi connectivity index (χ1v) is 7.19. The van der Waals surface area contributed by atoms with Crippen molar-refractivity contribution in [2.24, 2.45) is 0 Å². The van der Waals surface area contributed by atoms with Crippen molar-refractivity contribution < 1.29 is 8.42 Å². The second kappa shape index (κ2) is 4.01. The van der Waals surface area contributed by atoms with E-state index in [1.807, 2.05) is 0 Å². The largest absolute Gasteiger partial charge is 0.398 e. The van der Waals surface area contributed by atoms with E-state index in [1.54, 1.807) is 19.2 Å². The second-order valence-electron chi connectivity index (χ2n) is 3.93. The van der Waals surface area contributed by atoms with E-state index in [0.717, 1.165) is 17.3 Å². The second-order valence-corrected chi connectivity index (χ2v) is 6.82. The van der Waals surface area contributed by atoms with Gasteiger partial charge in [0, 0.05) is 17.6 Å². The summed E-state index contributed by atoms with van der Waals surface area (Å²) in [5.74, 6) is 0. The Morgan fingerprint density at radius 1 is 1.44 bits per heavy atom. The standard InChI is InChI=1S/C10H13BrN2O2S/c1-13(8-3-4-8)16(14,15)10-5-2-7(11)6-9(10)12/h2,5-6,8H,3-4,12H2,1H3. The van der Waals surface area contributed by atoms with Crippen LogP contribution in [0.5, 0.6) is 0 Å². The van der Waals surface area contributed by atoms with Crippen molar-refractivity contribution >= 4 is 31.6 Å². The number of nitrogens with two attached hydrogens (primary N) is 1. The summed E-state index contributed by atoms with van der Waals surface area (Å²) in [6, 6.07) is 4.97. The normalized spacial score (nSPS) is 16.7. The molecule has 0 aliphatic heterocycles. The molecule has 0 radical (unpaired) electrons. The van der Waals surface area contributed by atoms with E-state index < -0.39 is 10.0 Å². The van der Waals surface area contributed by atoms with Crippen molar-refractivity contribution in [3.8, 4) is 0 Å². The predicted octanol–water partition coefficient (Wildman–Crippen LogP) is 1.81. The zero-order valence-corrected chi connectivity index (χ0v) is 11.3. The molecular weight excluding hydrogens is 292 g/mol. The zero-order valence-electron chi connectivity index (χ0n) is 8.85. The molecule has 1 fully saturated rings. The van der Waals surface area contributed by atoms with Crippen LogP contribution in [0.4, 0.5) is 5.69 Å². The summed E-state index contributed by atoms with van der Waals surface area (Å²) in [5, 5.41) is 0. The van der Waals surface area contributed by atoms with Crippen molar-refractivity contribution in [1.29, 1.82) is 0 Å². The van der Waals surface area contributed by atoms with E-state index in [-0.39, 0.29) is 16.6 Å². The molecule has 0 heterocycles. The van der Waals surface area contributed by atoms with Crippen LogP contribution in [0.3, 0.4) is 0 Å². The monoisotopic (exact) mass is 304 g/mol. The highest BCUT2D eigenvalue weighted by Crippen LogP contribution is 2.32. The van der Waals surface area contributed by atoms with Gasteiger partial charge in [0.2, 0.25) is 10.0 Å². The van der Waals surface area contributed by atoms with Crippen LogP contribution in [0.15, 0.2) is 27.6 Å². The fourth-order valence-electron chi connectivity index (χ4n) is 1.54. The SMILES string of the molecule is CN(C1CC1)S(=O)(=O)c1ccc(Br)cc1N. The summed E-state index contributed by atoms with van der Waals surface area (Å²) in [6.45, 7) is 0. The van der Waals surface area contributed by atoms with E-state index >= 15 is 0 Å². The molecule has 0 aromatic heterocycles. The molecule has 6 heteroatoms. The number of benzene rings is 1. The molecule has 2 rings (SSSR count). The van der Waals surface area contributed by atoms with E-state index in [1.165, 1.54) is 10.4 Å². The van der Waals surface area contributed by atoms with E-state index in [4.69, 9.17) is 5.73 Å². The third kappa shape index (κ3) is 2.09. The maximum atomic E-state index is 12.2. The van der Waals surface area contributed by atoms with Crippen LogP contribution in [0.1, 0.15) is 12.8 Å². The number of rotatable bonds is 3. The Balaban J connectivity index is 2.42. The lowest BCUT2D eigenvalue weighted by Gasteiger charge is -2.17. The first-order valence-electron chi connectivity index (χ1n) is 4.96. The summed E-state index contributed by atoms with van der Waals surface area (Å²) in [4.78, 5) is 0.185. The number of nitrogen functional groups attached to an aromatic ring is 1. The van der Waals surface area contributed by atoms with Gasteiger partial charge in [-0.05, 0) is 31.0 Å². The molecule has 0 unspecified atom stereocenters. The molecule has 0 saturated heterocycles. The van der Waals surface area contributed by atoms with Gasteiger partial charge in [-0.1, -0.05) is 15.9 Å². The summed E-state index contributed by atoms with van der Waals surface area (Å²) in [7, 11) is -1.83. The lowest BCUT2D eigenvalue weighted by Crippen LogP contribution is -2.29. The molecule has 0 bridgehead atoms. The van der Waals surface area contributed by atoms with Gasteiger partial charge < -0.3 is 5.73 Å². The van der Waals surface area contributed by atoms with E-state index in [9.17, 15) is 8.42 Å². The Morgan fingerprint density at radius 2 is 2.06 bits per heavy atom. The Kier molecular flexibility index (Phi) is 2.98. The molecule has 2 N–H and O–H groups in total. The lowest BCUT2D eigenvalue weighted by molar-refractivity contribution is 0.464.